The van der Waals surface area contributed by atoms with Gasteiger partial charge in [-0.25, -0.2) is 4.98 Å². The second-order valence-electron chi connectivity index (χ2n) is 4.16. The van der Waals surface area contributed by atoms with Gasteiger partial charge in [-0.2, -0.15) is 0 Å². The lowest BCUT2D eigenvalue weighted by atomic mass is 10.1. The zero-order valence-corrected chi connectivity index (χ0v) is 9.85. The Morgan fingerprint density at radius 2 is 2.29 bits per heavy atom. The summed E-state index contributed by atoms with van der Waals surface area (Å²) >= 11 is 1.81. The van der Waals surface area contributed by atoms with Crippen molar-refractivity contribution in [3.05, 3.63) is 48.5 Å². The number of para-hydroxylation sites is 1. The standard InChI is InChI=1S/C13H10N2OS/c1-2-4-11-9(3-1)10(8-16-11)12-7-15-6-5-14-13(15)17-12/h1-6,8,12H,7H2. The van der Waals surface area contributed by atoms with Gasteiger partial charge >= 0.3 is 0 Å². The van der Waals surface area contributed by atoms with Crippen LogP contribution < -0.4 is 0 Å². The number of imidazole rings is 1. The van der Waals surface area contributed by atoms with E-state index in [1.165, 1.54) is 10.9 Å². The third-order valence-electron chi connectivity index (χ3n) is 3.15. The van der Waals surface area contributed by atoms with Crippen molar-refractivity contribution < 1.29 is 4.42 Å². The average molecular weight is 242 g/mol. The molecule has 0 saturated carbocycles. The smallest absolute Gasteiger partial charge is 0.168 e. The number of thioether (sulfide) groups is 1. The predicted octanol–water partition coefficient (Wildman–Crippen LogP) is 3.48. The quantitative estimate of drug-likeness (QED) is 0.654. The van der Waals surface area contributed by atoms with E-state index in [1.54, 1.807) is 0 Å². The van der Waals surface area contributed by atoms with E-state index in [0.29, 0.717) is 5.25 Å². The Balaban J connectivity index is 1.79. The van der Waals surface area contributed by atoms with Gasteiger partial charge in [-0.15, -0.1) is 0 Å². The van der Waals surface area contributed by atoms with Crippen LogP contribution in [-0.2, 0) is 6.54 Å². The van der Waals surface area contributed by atoms with Crippen LogP contribution >= 0.6 is 11.8 Å². The van der Waals surface area contributed by atoms with Crippen molar-refractivity contribution in [1.29, 1.82) is 0 Å². The first kappa shape index (κ1) is 9.36. The molecule has 1 aromatic carbocycles. The van der Waals surface area contributed by atoms with Crippen LogP contribution in [0.5, 0.6) is 0 Å². The molecule has 3 aromatic rings. The third-order valence-corrected chi connectivity index (χ3v) is 4.38. The van der Waals surface area contributed by atoms with Gasteiger partial charge in [0.1, 0.15) is 5.58 Å². The largest absolute Gasteiger partial charge is 0.464 e. The van der Waals surface area contributed by atoms with Gasteiger partial charge in [0.25, 0.3) is 0 Å². The molecule has 1 aliphatic rings. The number of furan rings is 1. The van der Waals surface area contributed by atoms with Crippen LogP contribution in [0, 0.1) is 0 Å². The van der Waals surface area contributed by atoms with Crippen molar-refractivity contribution in [2.75, 3.05) is 0 Å². The highest BCUT2D eigenvalue weighted by Crippen LogP contribution is 2.44. The molecule has 4 heteroatoms. The van der Waals surface area contributed by atoms with Crippen LogP contribution in [0.1, 0.15) is 10.8 Å². The minimum atomic E-state index is 0.419. The Morgan fingerprint density at radius 3 is 3.24 bits per heavy atom. The minimum absolute atomic E-state index is 0.419. The molecule has 1 aliphatic heterocycles. The van der Waals surface area contributed by atoms with E-state index in [1.807, 2.05) is 42.6 Å². The van der Waals surface area contributed by atoms with E-state index >= 15 is 0 Å². The van der Waals surface area contributed by atoms with Gasteiger partial charge in [0.2, 0.25) is 0 Å². The van der Waals surface area contributed by atoms with Gasteiger partial charge in [-0.1, -0.05) is 30.0 Å². The SMILES string of the molecule is c1ccc2c(C3Cn4ccnc4S3)coc2c1. The number of rotatable bonds is 1. The highest BCUT2D eigenvalue weighted by molar-refractivity contribution is 7.99. The second kappa shape index (κ2) is 3.40. The first-order valence-electron chi connectivity index (χ1n) is 5.56. The van der Waals surface area contributed by atoms with Crippen LogP contribution in [0.3, 0.4) is 0 Å². The van der Waals surface area contributed by atoms with E-state index < -0.39 is 0 Å². The summed E-state index contributed by atoms with van der Waals surface area (Å²) in [6, 6.07) is 8.19. The fourth-order valence-corrected chi connectivity index (χ4v) is 3.50. The molecule has 0 saturated heterocycles. The van der Waals surface area contributed by atoms with Crippen molar-refractivity contribution in [2.45, 2.75) is 17.0 Å². The van der Waals surface area contributed by atoms with Gasteiger partial charge in [0.05, 0.1) is 11.5 Å². The Morgan fingerprint density at radius 1 is 1.35 bits per heavy atom. The van der Waals surface area contributed by atoms with Crippen molar-refractivity contribution in [3.8, 4) is 0 Å². The lowest BCUT2D eigenvalue weighted by Crippen LogP contribution is -1.96. The first-order valence-corrected chi connectivity index (χ1v) is 6.44. The third kappa shape index (κ3) is 1.34. The molecule has 0 aliphatic carbocycles. The van der Waals surface area contributed by atoms with Crippen LogP contribution in [0.25, 0.3) is 11.0 Å². The van der Waals surface area contributed by atoms with Gasteiger partial charge in [0.15, 0.2) is 5.16 Å². The first-order chi connectivity index (χ1) is 8.42. The zero-order valence-electron chi connectivity index (χ0n) is 9.04. The molecule has 84 valence electrons. The van der Waals surface area contributed by atoms with Crippen molar-refractivity contribution in [2.24, 2.45) is 0 Å². The Labute approximate surface area is 102 Å². The fraction of sp³-hybridized carbons (Fsp3) is 0.154. The maximum atomic E-state index is 5.59. The van der Waals surface area contributed by atoms with E-state index in [9.17, 15) is 0 Å². The van der Waals surface area contributed by atoms with Crippen molar-refractivity contribution in [1.82, 2.24) is 9.55 Å². The molecule has 1 atom stereocenters. The van der Waals surface area contributed by atoms with Gasteiger partial charge in [-0.05, 0) is 6.07 Å². The second-order valence-corrected chi connectivity index (χ2v) is 5.33. The molecule has 3 heterocycles. The molecule has 17 heavy (non-hydrogen) atoms. The highest BCUT2D eigenvalue weighted by atomic mass is 32.2. The molecule has 0 fully saturated rings. The summed E-state index contributed by atoms with van der Waals surface area (Å²) in [6.07, 6.45) is 5.77. The normalized spacial score (nSPS) is 18.7. The van der Waals surface area contributed by atoms with E-state index in [0.717, 1.165) is 17.3 Å². The molecule has 0 spiro atoms. The number of hydrogen-bond donors (Lipinski definition) is 0. The number of hydrogen-bond acceptors (Lipinski definition) is 3. The van der Waals surface area contributed by atoms with Gasteiger partial charge in [0, 0.05) is 29.9 Å². The zero-order chi connectivity index (χ0) is 11.2. The summed E-state index contributed by atoms with van der Waals surface area (Å²) in [7, 11) is 0. The molecule has 3 nitrogen and oxygen atoms in total. The van der Waals surface area contributed by atoms with Crippen LogP contribution in [0.4, 0.5) is 0 Å². The molecule has 0 radical (unpaired) electrons. The Bertz CT molecular complexity index is 665. The molecular formula is C13H10N2OS. The van der Waals surface area contributed by atoms with Crippen LogP contribution in [0.15, 0.2) is 52.5 Å². The fourth-order valence-electron chi connectivity index (χ4n) is 2.31. The topological polar surface area (TPSA) is 31.0 Å². The summed E-state index contributed by atoms with van der Waals surface area (Å²) in [4.78, 5) is 4.33. The minimum Gasteiger partial charge on any atom is -0.464 e. The Kier molecular flexibility index (Phi) is 1.87. The molecule has 0 amide bonds. The number of fused-ring (bicyclic) bond motifs is 2. The summed E-state index contributed by atoms with van der Waals surface area (Å²) in [5.41, 5.74) is 2.24. The molecule has 0 bridgehead atoms. The maximum absolute atomic E-state index is 5.59. The number of benzene rings is 1. The van der Waals surface area contributed by atoms with Gasteiger partial charge < -0.3 is 8.98 Å². The van der Waals surface area contributed by atoms with Crippen LogP contribution in [0.2, 0.25) is 0 Å². The molecule has 1 unspecified atom stereocenters. The van der Waals surface area contributed by atoms with E-state index in [4.69, 9.17) is 4.42 Å². The molecule has 4 rings (SSSR count). The van der Waals surface area contributed by atoms with Crippen LogP contribution in [-0.4, -0.2) is 9.55 Å². The number of nitrogens with zero attached hydrogens (tertiary/aromatic N) is 2. The lowest BCUT2D eigenvalue weighted by molar-refractivity contribution is 0.602. The predicted molar refractivity (Wildman–Crippen MR) is 67.0 cm³/mol. The number of aromatic nitrogens is 2. The maximum Gasteiger partial charge on any atom is 0.168 e. The van der Waals surface area contributed by atoms with E-state index in [-0.39, 0.29) is 0 Å². The highest BCUT2D eigenvalue weighted by Gasteiger charge is 2.26. The lowest BCUT2D eigenvalue weighted by Gasteiger charge is -2.04. The van der Waals surface area contributed by atoms with E-state index in [2.05, 4.69) is 21.7 Å². The molecule has 2 aromatic heterocycles. The van der Waals surface area contributed by atoms with Crippen molar-refractivity contribution in [3.63, 3.8) is 0 Å². The monoisotopic (exact) mass is 242 g/mol. The molecular weight excluding hydrogens is 232 g/mol. The average Bonchev–Trinajstić information content (AvgIpc) is 3.01. The summed E-state index contributed by atoms with van der Waals surface area (Å²) < 4.78 is 7.79. The molecule has 0 N–H and O–H groups in total. The van der Waals surface area contributed by atoms with Crippen molar-refractivity contribution >= 4 is 22.7 Å². The van der Waals surface area contributed by atoms with Gasteiger partial charge in [-0.3, -0.25) is 0 Å². The summed E-state index contributed by atoms with van der Waals surface area (Å²) in [6.45, 7) is 0.976. The summed E-state index contributed by atoms with van der Waals surface area (Å²) in [5.74, 6) is 0. The Hall–Kier alpha value is -1.68. The summed E-state index contributed by atoms with van der Waals surface area (Å²) in [5, 5.41) is 2.73.